The van der Waals surface area contributed by atoms with Gasteiger partial charge in [0.1, 0.15) is 11.5 Å². The van der Waals surface area contributed by atoms with Crippen molar-refractivity contribution in [1.29, 1.82) is 0 Å². The second-order valence-electron chi connectivity index (χ2n) is 12.1. The normalized spacial score (nSPS) is 12.0. The van der Waals surface area contributed by atoms with E-state index in [1.807, 2.05) is 64.1 Å². The molecule has 0 bridgehead atoms. The second kappa shape index (κ2) is 24.5. The van der Waals surface area contributed by atoms with Gasteiger partial charge in [0.05, 0.1) is 52.0 Å². The highest BCUT2D eigenvalue weighted by atomic mass is 31.2. The van der Waals surface area contributed by atoms with Gasteiger partial charge in [-0.25, -0.2) is 0 Å². The van der Waals surface area contributed by atoms with E-state index < -0.39 is 15.2 Å². The maximum absolute atomic E-state index is 13.7. The lowest BCUT2D eigenvalue weighted by atomic mass is 10.0. The van der Waals surface area contributed by atoms with Gasteiger partial charge in [-0.2, -0.15) is 0 Å². The molecule has 0 aliphatic heterocycles. The van der Waals surface area contributed by atoms with E-state index in [-0.39, 0.29) is 38.8 Å². The summed E-state index contributed by atoms with van der Waals surface area (Å²) in [6.45, 7) is 14.0. The Bertz CT molecular complexity index is 1140. The molecule has 0 saturated heterocycles. The first-order valence-electron chi connectivity index (χ1n) is 18.5. The van der Waals surface area contributed by atoms with E-state index in [2.05, 4.69) is 13.8 Å². The molecular weight excluding hydrogens is 646 g/mol. The van der Waals surface area contributed by atoms with Crippen LogP contribution >= 0.6 is 15.2 Å². The lowest BCUT2D eigenvalue weighted by molar-refractivity contribution is 0.217. The van der Waals surface area contributed by atoms with E-state index in [9.17, 15) is 9.13 Å². The number of rotatable bonds is 29. The third kappa shape index (κ3) is 15.9. The predicted octanol–water partition coefficient (Wildman–Crippen LogP) is 12.4. The van der Waals surface area contributed by atoms with Gasteiger partial charge >= 0.3 is 15.2 Å². The van der Waals surface area contributed by atoms with Gasteiger partial charge in [-0.05, 0) is 75.9 Å². The maximum Gasteiger partial charge on any atom is 0.335 e. The van der Waals surface area contributed by atoms with Crippen molar-refractivity contribution in [1.82, 2.24) is 0 Å². The highest BCUT2D eigenvalue weighted by molar-refractivity contribution is 7.53. The van der Waals surface area contributed by atoms with Gasteiger partial charge in [-0.15, -0.1) is 0 Å². The van der Waals surface area contributed by atoms with Crippen molar-refractivity contribution < 1.29 is 36.7 Å². The fourth-order valence-electron chi connectivity index (χ4n) is 5.64. The zero-order chi connectivity index (χ0) is 35.1. The molecule has 8 nitrogen and oxygen atoms in total. The zero-order valence-corrected chi connectivity index (χ0v) is 32.6. The minimum absolute atomic E-state index is 0.102. The van der Waals surface area contributed by atoms with Crippen LogP contribution in [-0.4, -0.2) is 39.6 Å². The van der Waals surface area contributed by atoms with E-state index in [4.69, 9.17) is 27.6 Å². The van der Waals surface area contributed by atoms with Crippen LogP contribution < -0.4 is 9.47 Å². The Morgan fingerprint density at radius 2 is 0.792 bits per heavy atom. The predicted molar refractivity (Wildman–Crippen MR) is 199 cm³/mol. The van der Waals surface area contributed by atoms with Gasteiger partial charge in [-0.1, -0.05) is 90.2 Å². The summed E-state index contributed by atoms with van der Waals surface area (Å²) in [5, 5.41) is 0. The highest BCUT2D eigenvalue weighted by Gasteiger charge is 2.28. The molecule has 0 aliphatic carbocycles. The monoisotopic (exact) mass is 710 g/mol. The van der Waals surface area contributed by atoms with Crippen LogP contribution in [0.1, 0.15) is 130 Å². The molecule has 274 valence electrons. The van der Waals surface area contributed by atoms with Crippen LogP contribution in [0.5, 0.6) is 11.5 Å². The average Bonchev–Trinajstić information content (AvgIpc) is 3.05. The molecule has 0 unspecified atom stereocenters. The van der Waals surface area contributed by atoms with Crippen molar-refractivity contribution in [2.24, 2.45) is 0 Å². The summed E-state index contributed by atoms with van der Waals surface area (Å²) >= 11 is 0. The van der Waals surface area contributed by atoms with E-state index >= 15 is 0 Å². The summed E-state index contributed by atoms with van der Waals surface area (Å²) in [5.41, 5.74) is 3.34. The molecule has 0 fully saturated rings. The van der Waals surface area contributed by atoms with Crippen molar-refractivity contribution in [3.05, 3.63) is 47.5 Å². The molecule has 0 aromatic heterocycles. The molecule has 0 radical (unpaired) electrons. The average molecular weight is 711 g/mol. The molecule has 0 atom stereocenters. The van der Waals surface area contributed by atoms with Crippen LogP contribution in [0.3, 0.4) is 0 Å². The molecular formula is C38H64O8P2. The van der Waals surface area contributed by atoms with Crippen molar-refractivity contribution in [2.45, 2.75) is 131 Å². The molecule has 2 rings (SSSR count). The number of unbranched alkanes of at least 4 members (excludes halogenated alkanes) is 10. The first-order valence-corrected chi connectivity index (χ1v) is 22.0. The largest absolute Gasteiger partial charge is 0.493 e. The van der Waals surface area contributed by atoms with Gasteiger partial charge in [0.15, 0.2) is 0 Å². The molecule has 0 N–H and O–H groups in total. The van der Waals surface area contributed by atoms with Crippen molar-refractivity contribution in [3.63, 3.8) is 0 Å². The molecule has 0 aliphatic rings. The number of hydrogen-bond acceptors (Lipinski definition) is 8. The van der Waals surface area contributed by atoms with Crippen LogP contribution in [0.4, 0.5) is 0 Å². The summed E-state index contributed by atoms with van der Waals surface area (Å²) in [6, 6.07) is 11.9. The summed E-state index contributed by atoms with van der Waals surface area (Å²) in [6.07, 6.45) is 14.2. The summed E-state index contributed by atoms with van der Waals surface area (Å²) in [5.74, 6) is 1.37. The Labute approximate surface area is 292 Å². The minimum atomic E-state index is -3.39. The molecule has 10 heteroatoms. The quantitative estimate of drug-likeness (QED) is 0.0609. The molecule has 0 saturated carbocycles. The lowest BCUT2D eigenvalue weighted by Gasteiger charge is -2.21. The van der Waals surface area contributed by atoms with E-state index in [0.717, 1.165) is 47.9 Å². The summed E-state index contributed by atoms with van der Waals surface area (Å²) in [7, 11) is -6.79. The standard InChI is InChI=1S/C38H64O8P2/c1-7-13-15-17-19-21-27-41-37-25-23-33(29-35(37)31-47(39,43-9-3)44-10-4)34-24-26-38(42-28-22-20-18-16-14-8-2)36(30-34)32-48(40,45-11-5)46-12-6/h23-26,29-30H,7-22,27-28,31-32H2,1-6H3. The smallest absolute Gasteiger partial charge is 0.335 e. The van der Waals surface area contributed by atoms with Crippen LogP contribution in [-0.2, 0) is 39.5 Å². The lowest BCUT2D eigenvalue weighted by Crippen LogP contribution is -2.05. The summed E-state index contributed by atoms with van der Waals surface area (Å²) in [4.78, 5) is 0. The highest BCUT2D eigenvalue weighted by Crippen LogP contribution is 2.54. The van der Waals surface area contributed by atoms with Crippen LogP contribution in [0.15, 0.2) is 36.4 Å². The fraction of sp³-hybridized carbons (Fsp3) is 0.684. The van der Waals surface area contributed by atoms with Gasteiger partial charge < -0.3 is 27.6 Å². The first kappa shape index (κ1) is 42.5. The fourth-order valence-corrected chi connectivity index (χ4v) is 9.05. The van der Waals surface area contributed by atoms with Crippen LogP contribution in [0.25, 0.3) is 11.1 Å². The van der Waals surface area contributed by atoms with Crippen molar-refractivity contribution >= 4 is 15.2 Å². The molecule has 48 heavy (non-hydrogen) atoms. The van der Waals surface area contributed by atoms with E-state index in [1.54, 1.807) is 0 Å². The molecule has 0 spiro atoms. The maximum atomic E-state index is 13.7. The van der Waals surface area contributed by atoms with Gasteiger partial charge in [0.2, 0.25) is 0 Å². The third-order valence-corrected chi connectivity index (χ3v) is 12.1. The first-order chi connectivity index (χ1) is 23.3. The SMILES string of the molecule is CCCCCCCCOc1ccc(-c2ccc(OCCCCCCCC)c(CP(=O)(OCC)OCC)c2)cc1CP(=O)(OCC)OCC. The zero-order valence-electron chi connectivity index (χ0n) is 30.8. The molecule has 0 heterocycles. The number of ether oxygens (including phenoxy) is 2. The Kier molecular flexibility index (Phi) is 21.7. The van der Waals surface area contributed by atoms with E-state index in [0.29, 0.717) is 24.7 Å². The Balaban J connectivity index is 2.41. The van der Waals surface area contributed by atoms with E-state index in [1.165, 1.54) is 51.4 Å². The van der Waals surface area contributed by atoms with Crippen LogP contribution in [0.2, 0.25) is 0 Å². The Morgan fingerprint density at radius 1 is 0.458 bits per heavy atom. The minimum Gasteiger partial charge on any atom is -0.493 e. The van der Waals surface area contributed by atoms with Gasteiger partial charge in [0, 0.05) is 11.1 Å². The third-order valence-electron chi connectivity index (χ3n) is 8.00. The number of hydrogen-bond donors (Lipinski definition) is 0. The Morgan fingerprint density at radius 3 is 1.12 bits per heavy atom. The summed E-state index contributed by atoms with van der Waals surface area (Å²) < 4.78 is 62.5. The van der Waals surface area contributed by atoms with Crippen molar-refractivity contribution in [2.75, 3.05) is 39.6 Å². The van der Waals surface area contributed by atoms with Gasteiger partial charge in [-0.3, -0.25) is 9.13 Å². The Hall–Kier alpha value is -1.66. The molecule has 2 aromatic rings. The van der Waals surface area contributed by atoms with Crippen molar-refractivity contribution in [3.8, 4) is 22.6 Å². The van der Waals surface area contributed by atoms with Gasteiger partial charge in [0.25, 0.3) is 0 Å². The molecule has 2 aromatic carbocycles. The topological polar surface area (TPSA) is 89.5 Å². The van der Waals surface area contributed by atoms with Crippen LogP contribution in [0, 0.1) is 0 Å². The molecule has 0 amide bonds. The number of benzene rings is 2. The second-order valence-corrected chi connectivity index (χ2v) is 16.2.